The van der Waals surface area contributed by atoms with E-state index in [9.17, 15) is 5.26 Å². The first-order valence-electron chi connectivity index (χ1n) is 22.2. The number of nitrogens with zero attached hydrogens (tertiary/aromatic N) is 6. The van der Waals surface area contributed by atoms with Gasteiger partial charge in [-0.1, -0.05) is 145 Å². The Labute approximate surface area is 382 Å². The van der Waals surface area contributed by atoms with E-state index in [-0.39, 0.29) is 0 Å². The molecule has 0 radical (unpaired) electrons. The van der Waals surface area contributed by atoms with Crippen molar-refractivity contribution < 1.29 is 0 Å². The van der Waals surface area contributed by atoms with E-state index in [4.69, 9.17) is 15.0 Å². The van der Waals surface area contributed by atoms with Crippen molar-refractivity contribution in [2.24, 2.45) is 0 Å². The maximum absolute atomic E-state index is 10.4. The lowest BCUT2D eigenvalue weighted by Gasteiger charge is -2.20. The monoisotopic (exact) mass is 844 g/mol. The summed E-state index contributed by atoms with van der Waals surface area (Å²) in [5.74, 6) is 1.72. The van der Waals surface area contributed by atoms with Gasteiger partial charge < -0.3 is 9.13 Å². The van der Waals surface area contributed by atoms with Crippen LogP contribution in [0.4, 0.5) is 0 Å². The van der Waals surface area contributed by atoms with Crippen molar-refractivity contribution in [3.63, 3.8) is 0 Å². The smallest absolute Gasteiger partial charge is 0.164 e. The maximum atomic E-state index is 10.4. The van der Waals surface area contributed by atoms with Crippen LogP contribution < -0.4 is 0 Å². The van der Waals surface area contributed by atoms with Gasteiger partial charge in [0.2, 0.25) is 0 Å². The zero-order chi connectivity index (χ0) is 44.3. The van der Waals surface area contributed by atoms with Gasteiger partial charge in [0.05, 0.1) is 39.4 Å². The average molecular weight is 845 g/mol. The Balaban J connectivity index is 1.22. The molecule has 0 aliphatic rings. The number of para-hydroxylation sites is 2. The molecule has 0 unspecified atom stereocenters. The number of hydrogen-bond donors (Lipinski definition) is 0. The molecule has 0 aliphatic heterocycles. The summed E-state index contributed by atoms with van der Waals surface area (Å²) in [7, 11) is 0. The second-order valence-corrected chi connectivity index (χ2v) is 16.9. The molecule has 310 valence electrons. The Morgan fingerprint density at radius 3 is 1.53 bits per heavy atom. The molecule has 0 N–H and O–H groups in total. The highest BCUT2D eigenvalue weighted by Crippen LogP contribution is 2.44. The van der Waals surface area contributed by atoms with E-state index in [0.29, 0.717) is 23.0 Å². The van der Waals surface area contributed by atoms with Gasteiger partial charge in [0, 0.05) is 49.5 Å². The highest BCUT2D eigenvalue weighted by atomic mass is 15.0. The molecule has 0 fully saturated rings. The number of aryl methyl sites for hydroxylation is 2. The van der Waals surface area contributed by atoms with Crippen molar-refractivity contribution >= 4 is 43.6 Å². The lowest BCUT2D eigenvalue weighted by molar-refractivity contribution is 1.07. The summed E-state index contributed by atoms with van der Waals surface area (Å²) in [5.41, 5.74) is 15.7. The molecule has 0 saturated heterocycles. The molecule has 6 nitrogen and oxygen atoms in total. The minimum Gasteiger partial charge on any atom is -0.309 e. The molecule has 3 heterocycles. The van der Waals surface area contributed by atoms with Crippen LogP contribution in [0.1, 0.15) is 16.7 Å². The largest absolute Gasteiger partial charge is 0.309 e. The Morgan fingerprint density at radius 1 is 0.364 bits per heavy atom. The van der Waals surface area contributed by atoms with Crippen LogP contribution >= 0.6 is 0 Å². The topological polar surface area (TPSA) is 72.3 Å². The van der Waals surface area contributed by atoms with E-state index in [1.807, 2.05) is 84.9 Å². The molecule has 6 heteroatoms. The second-order valence-electron chi connectivity index (χ2n) is 16.9. The van der Waals surface area contributed by atoms with Crippen LogP contribution in [0.15, 0.2) is 206 Å². The fourth-order valence-electron chi connectivity index (χ4n) is 9.68. The number of benzene rings is 9. The number of rotatable bonds is 7. The highest BCUT2D eigenvalue weighted by Gasteiger charge is 2.23. The van der Waals surface area contributed by atoms with Crippen LogP contribution in [0, 0.1) is 25.2 Å². The van der Waals surface area contributed by atoms with Crippen molar-refractivity contribution in [1.29, 1.82) is 5.26 Å². The molecule has 3 aromatic heterocycles. The summed E-state index contributed by atoms with van der Waals surface area (Å²) < 4.78 is 4.75. The lowest BCUT2D eigenvalue weighted by atomic mass is 9.92. The molecule has 9 aromatic carbocycles. The highest BCUT2D eigenvalue weighted by molar-refractivity contribution is 6.11. The Kier molecular flexibility index (Phi) is 9.22. The number of aromatic nitrogens is 5. The number of hydrogen-bond acceptors (Lipinski definition) is 4. The molecule has 66 heavy (non-hydrogen) atoms. The third-order valence-electron chi connectivity index (χ3n) is 12.7. The van der Waals surface area contributed by atoms with Gasteiger partial charge >= 0.3 is 0 Å². The fourth-order valence-corrected chi connectivity index (χ4v) is 9.68. The van der Waals surface area contributed by atoms with Crippen LogP contribution in [0.5, 0.6) is 0 Å². The first-order chi connectivity index (χ1) is 32.5. The van der Waals surface area contributed by atoms with Gasteiger partial charge in [0.1, 0.15) is 0 Å². The van der Waals surface area contributed by atoms with E-state index in [1.54, 1.807) is 0 Å². The standard InChI is InChI=1S/C60H40N6/c1-38-25-30-55-50(33-38)46-21-11-13-23-53(46)65(55)44-28-29-48(60-63-58(40-15-5-3-6-16-40)62-59(64-60)41-17-7-4-8-18-41)49(36-44)52-35-42(45-20-10-9-19-43(45)37-61)27-32-57(52)66-54-24-14-12-22-47(54)51-34-39(2)26-31-56(51)66/h3-36H,1-2H3. The van der Waals surface area contributed by atoms with E-state index in [0.717, 1.165) is 72.4 Å². The summed E-state index contributed by atoms with van der Waals surface area (Å²) in [6.07, 6.45) is 0. The van der Waals surface area contributed by atoms with E-state index < -0.39 is 0 Å². The maximum Gasteiger partial charge on any atom is 0.164 e. The first kappa shape index (κ1) is 38.7. The van der Waals surface area contributed by atoms with Crippen LogP contribution in [0.25, 0.3) is 111 Å². The van der Waals surface area contributed by atoms with Crippen molar-refractivity contribution in [3.8, 4) is 73.9 Å². The Morgan fingerprint density at radius 2 is 0.894 bits per heavy atom. The van der Waals surface area contributed by atoms with Crippen LogP contribution in [0.2, 0.25) is 0 Å². The zero-order valence-electron chi connectivity index (χ0n) is 36.3. The number of nitriles is 1. The van der Waals surface area contributed by atoms with Gasteiger partial charge in [-0.15, -0.1) is 0 Å². The summed E-state index contributed by atoms with van der Waals surface area (Å²) >= 11 is 0. The molecule has 0 saturated carbocycles. The predicted octanol–water partition coefficient (Wildman–Crippen LogP) is 14.9. The molecular weight excluding hydrogens is 805 g/mol. The van der Waals surface area contributed by atoms with E-state index in [1.165, 1.54) is 32.7 Å². The van der Waals surface area contributed by atoms with E-state index >= 15 is 0 Å². The van der Waals surface area contributed by atoms with Crippen LogP contribution in [-0.4, -0.2) is 24.1 Å². The normalized spacial score (nSPS) is 11.5. The zero-order valence-corrected chi connectivity index (χ0v) is 36.3. The molecule has 0 bridgehead atoms. The van der Waals surface area contributed by atoms with Crippen molar-refractivity contribution in [1.82, 2.24) is 24.1 Å². The van der Waals surface area contributed by atoms with Gasteiger partial charge in [0.25, 0.3) is 0 Å². The minimum absolute atomic E-state index is 0.550. The van der Waals surface area contributed by atoms with Gasteiger partial charge in [-0.05, 0) is 103 Å². The van der Waals surface area contributed by atoms with Crippen LogP contribution in [0.3, 0.4) is 0 Å². The first-order valence-corrected chi connectivity index (χ1v) is 22.2. The number of fused-ring (bicyclic) bond motifs is 6. The summed E-state index contributed by atoms with van der Waals surface area (Å²) in [6, 6.07) is 74.4. The fraction of sp³-hybridized carbons (Fsp3) is 0.0333. The Bertz CT molecular complexity index is 3850. The summed E-state index contributed by atoms with van der Waals surface area (Å²) in [4.78, 5) is 15.7. The quantitative estimate of drug-likeness (QED) is 0.160. The van der Waals surface area contributed by atoms with Gasteiger partial charge in [-0.2, -0.15) is 5.26 Å². The third kappa shape index (κ3) is 6.45. The molecule has 12 rings (SSSR count). The predicted molar refractivity (Wildman–Crippen MR) is 270 cm³/mol. The molecule has 12 aromatic rings. The molecule has 0 spiro atoms. The SMILES string of the molecule is Cc1ccc2c(c1)c1ccccc1n2-c1ccc(-c2nc(-c3ccccc3)nc(-c3ccccc3)n2)c(-c2cc(-c3ccccc3C#N)ccc2-n2c3ccccc3c3cc(C)ccc32)c1. The van der Waals surface area contributed by atoms with Gasteiger partial charge in [-0.25, -0.2) is 15.0 Å². The van der Waals surface area contributed by atoms with Crippen LogP contribution in [-0.2, 0) is 0 Å². The lowest BCUT2D eigenvalue weighted by Crippen LogP contribution is -2.04. The Hall–Kier alpha value is -8.92. The van der Waals surface area contributed by atoms with Gasteiger partial charge in [0.15, 0.2) is 17.5 Å². The molecule has 0 atom stereocenters. The summed E-state index contributed by atoms with van der Waals surface area (Å²) in [5, 5.41) is 15.2. The summed E-state index contributed by atoms with van der Waals surface area (Å²) in [6.45, 7) is 4.30. The molecular formula is C60H40N6. The minimum atomic E-state index is 0.550. The third-order valence-corrected chi connectivity index (χ3v) is 12.7. The second kappa shape index (κ2) is 15.7. The molecule has 0 aliphatic carbocycles. The van der Waals surface area contributed by atoms with Crippen molar-refractivity contribution in [3.05, 3.63) is 223 Å². The van der Waals surface area contributed by atoms with Crippen molar-refractivity contribution in [2.75, 3.05) is 0 Å². The van der Waals surface area contributed by atoms with Gasteiger partial charge in [-0.3, -0.25) is 0 Å². The van der Waals surface area contributed by atoms with Crippen molar-refractivity contribution in [2.45, 2.75) is 13.8 Å². The molecule has 0 amide bonds. The van der Waals surface area contributed by atoms with E-state index in [2.05, 4.69) is 150 Å². The average Bonchev–Trinajstić information content (AvgIpc) is 3.88.